The second kappa shape index (κ2) is 6.95. The highest BCUT2D eigenvalue weighted by molar-refractivity contribution is 5.77. The highest BCUT2D eigenvalue weighted by atomic mass is 16.2. The summed E-state index contributed by atoms with van der Waals surface area (Å²) in [5, 5.41) is 12.3. The minimum absolute atomic E-state index is 0.212. The average Bonchev–Trinajstić information content (AvgIpc) is 2.49. The van der Waals surface area contributed by atoms with E-state index in [0.29, 0.717) is 18.5 Å². The third kappa shape index (κ3) is 3.51. The third-order valence-corrected chi connectivity index (χ3v) is 3.74. The van der Waals surface area contributed by atoms with Gasteiger partial charge >= 0.3 is 0 Å². The second-order valence-corrected chi connectivity index (χ2v) is 5.23. The molecule has 0 unspecified atom stereocenters. The number of nitrogens with one attached hydrogen (secondary N) is 1. The van der Waals surface area contributed by atoms with Crippen molar-refractivity contribution in [1.29, 1.82) is 5.26 Å². The smallest absolute Gasteiger partial charge is 0.224 e. The molecule has 1 amide bonds. The zero-order valence-corrected chi connectivity index (χ0v) is 12.0. The van der Waals surface area contributed by atoms with E-state index < -0.39 is 0 Å². The summed E-state index contributed by atoms with van der Waals surface area (Å²) in [5.74, 6) is 0.212. The van der Waals surface area contributed by atoms with Crippen LogP contribution in [0.3, 0.4) is 0 Å². The summed E-state index contributed by atoms with van der Waals surface area (Å²) in [6, 6.07) is 7.81. The molecule has 0 aliphatic carbocycles. The van der Waals surface area contributed by atoms with Gasteiger partial charge in [-0.2, -0.15) is 5.26 Å². The summed E-state index contributed by atoms with van der Waals surface area (Å²) < 4.78 is 0. The van der Waals surface area contributed by atoms with E-state index in [-0.39, 0.29) is 5.91 Å². The molecule has 4 heteroatoms. The topological polar surface area (TPSA) is 56.1 Å². The number of hydrogen-bond acceptors (Lipinski definition) is 3. The van der Waals surface area contributed by atoms with Crippen LogP contribution < -0.4 is 5.32 Å². The van der Waals surface area contributed by atoms with Crippen LogP contribution in [0.2, 0.25) is 0 Å². The van der Waals surface area contributed by atoms with E-state index in [1.54, 1.807) is 6.07 Å². The van der Waals surface area contributed by atoms with Gasteiger partial charge in [-0.05, 0) is 37.8 Å². The molecule has 0 atom stereocenters. The maximum atomic E-state index is 12.0. The maximum absolute atomic E-state index is 12.0. The average molecular weight is 271 g/mol. The number of aryl methyl sites for hydroxylation is 1. The number of para-hydroxylation sites is 1. The lowest BCUT2D eigenvalue weighted by Gasteiger charge is -2.26. The fraction of sp³-hybridized carbons (Fsp3) is 0.500. The van der Waals surface area contributed by atoms with Crippen LogP contribution in [0.1, 0.15) is 36.8 Å². The molecule has 0 spiro atoms. The van der Waals surface area contributed by atoms with Crippen molar-refractivity contribution in [1.82, 2.24) is 4.90 Å². The number of nitrogens with zero attached hydrogens (tertiary/aromatic N) is 2. The van der Waals surface area contributed by atoms with Gasteiger partial charge in [0.15, 0.2) is 0 Å². The van der Waals surface area contributed by atoms with Crippen LogP contribution in [0, 0.1) is 18.3 Å². The monoisotopic (exact) mass is 271 g/mol. The van der Waals surface area contributed by atoms with Gasteiger partial charge in [0.1, 0.15) is 6.07 Å². The van der Waals surface area contributed by atoms with E-state index in [2.05, 4.69) is 11.4 Å². The van der Waals surface area contributed by atoms with Crippen LogP contribution in [0.15, 0.2) is 18.2 Å². The second-order valence-electron chi connectivity index (χ2n) is 5.23. The van der Waals surface area contributed by atoms with E-state index in [1.807, 2.05) is 24.0 Å². The van der Waals surface area contributed by atoms with Crippen molar-refractivity contribution in [2.45, 2.75) is 32.6 Å². The summed E-state index contributed by atoms with van der Waals surface area (Å²) in [6.07, 6.45) is 3.96. The summed E-state index contributed by atoms with van der Waals surface area (Å²) >= 11 is 0. The number of carbonyl (C=O) groups is 1. The standard InChI is InChI=1S/C16H21N3O/c1-13-6-5-7-14(12-17)16(13)18-9-8-15(20)19-10-3-2-4-11-19/h5-7,18H,2-4,8-11H2,1H3. The predicted octanol–water partition coefficient (Wildman–Crippen LogP) is 2.68. The van der Waals surface area contributed by atoms with Crippen molar-refractivity contribution in [2.24, 2.45) is 0 Å². The zero-order valence-electron chi connectivity index (χ0n) is 12.0. The first kappa shape index (κ1) is 14.4. The highest BCUT2D eigenvalue weighted by Gasteiger charge is 2.16. The van der Waals surface area contributed by atoms with E-state index in [0.717, 1.165) is 37.2 Å². The number of carbonyl (C=O) groups excluding carboxylic acids is 1. The van der Waals surface area contributed by atoms with Gasteiger partial charge in [0, 0.05) is 26.1 Å². The van der Waals surface area contributed by atoms with Crippen molar-refractivity contribution >= 4 is 11.6 Å². The predicted molar refractivity (Wildman–Crippen MR) is 79.4 cm³/mol. The van der Waals surface area contributed by atoms with Crippen LogP contribution >= 0.6 is 0 Å². The normalized spacial score (nSPS) is 14.7. The van der Waals surface area contributed by atoms with Crippen molar-refractivity contribution in [3.05, 3.63) is 29.3 Å². The van der Waals surface area contributed by atoms with E-state index >= 15 is 0 Å². The van der Waals surface area contributed by atoms with Gasteiger partial charge in [0.2, 0.25) is 5.91 Å². The van der Waals surface area contributed by atoms with Gasteiger partial charge < -0.3 is 10.2 Å². The van der Waals surface area contributed by atoms with Crippen molar-refractivity contribution < 1.29 is 4.79 Å². The van der Waals surface area contributed by atoms with E-state index in [4.69, 9.17) is 5.26 Å². The number of likely N-dealkylation sites (tertiary alicyclic amines) is 1. The van der Waals surface area contributed by atoms with Gasteiger partial charge in [0.05, 0.1) is 11.3 Å². The molecule has 1 aromatic rings. The molecule has 1 aromatic carbocycles. The largest absolute Gasteiger partial charge is 0.383 e. The highest BCUT2D eigenvalue weighted by Crippen LogP contribution is 2.19. The third-order valence-electron chi connectivity index (χ3n) is 3.74. The minimum Gasteiger partial charge on any atom is -0.383 e. The first-order chi connectivity index (χ1) is 9.72. The van der Waals surface area contributed by atoms with Crippen LogP contribution in [-0.4, -0.2) is 30.4 Å². The molecule has 20 heavy (non-hydrogen) atoms. The van der Waals surface area contributed by atoms with Crippen LogP contribution in [0.4, 0.5) is 5.69 Å². The van der Waals surface area contributed by atoms with Crippen LogP contribution in [-0.2, 0) is 4.79 Å². The molecule has 2 rings (SSSR count). The number of hydrogen-bond donors (Lipinski definition) is 1. The molecule has 1 N–H and O–H groups in total. The molecule has 106 valence electrons. The van der Waals surface area contributed by atoms with E-state index in [1.165, 1.54) is 6.42 Å². The number of piperidine rings is 1. The molecule has 1 aliphatic heterocycles. The minimum atomic E-state index is 0.212. The number of anilines is 1. The molecular weight excluding hydrogens is 250 g/mol. The van der Waals surface area contributed by atoms with E-state index in [9.17, 15) is 4.79 Å². The molecule has 0 aromatic heterocycles. The SMILES string of the molecule is Cc1cccc(C#N)c1NCCC(=O)N1CCCCC1. The summed E-state index contributed by atoms with van der Waals surface area (Å²) in [6.45, 7) is 4.34. The van der Waals surface area contributed by atoms with Gasteiger partial charge in [0.25, 0.3) is 0 Å². The molecule has 4 nitrogen and oxygen atoms in total. The van der Waals surface area contributed by atoms with Gasteiger partial charge in [-0.25, -0.2) is 0 Å². The van der Waals surface area contributed by atoms with Crippen molar-refractivity contribution in [2.75, 3.05) is 25.0 Å². The Hall–Kier alpha value is -2.02. The van der Waals surface area contributed by atoms with Crippen molar-refractivity contribution in [3.63, 3.8) is 0 Å². The fourth-order valence-electron chi connectivity index (χ4n) is 2.59. The van der Waals surface area contributed by atoms with Gasteiger partial charge in [-0.3, -0.25) is 4.79 Å². The number of amides is 1. The molecule has 1 saturated heterocycles. The molecule has 1 fully saturated rings. The first-order valence-electron chi connectivity index (χ1n) is 7.23. The Labute approximate surface area is 120 Å². The Balaban J connectivity index is 1.87. The Morgan fingerprint density at radius 2 is 2.10 bits per heavy atom. The fourth-order valence-corrected chi connectivity index (χ4v) is 2.59. The van der Waals surface area contributed by atoms with Crippen LogP contribution in [0.5, 0.6) is 0 Å². The maximum Gasteiger partial charge on any atom is 0.224 e. The Bertz CT molecular complexity index is 513. The lowest BCUT2D eigenvalue weighted by molar-refractivity contribution is -0.131. The Morgan fingerprint density at radius 1 is 1.35 bits per heavy atom. The number of rotatable bonds is 4. The lowest BCUT2D eigenvalue weighted by atomic mass is 10.1. The van der Waals surface area contributed by atoms with Crippen LogP contribution in [0.25, 0.3) is 0 Å². The molecular formula is C16H21N3O. The summed E-state index contributed by atoms with van der Waals surface area (Å²) in [4.78, 5) is 14.0. The molecule has 0 radical (unpaired) electrons. The molecule has 0 saturated carbocycles. The number of benzene rings is 1. The number of nitriles is 1. The Morgan fingerprint density at radius 3 is 2.80 bits per heavy atom. The van der Waals surface area contributed by atoms with Gasteiger partial charge in [-0.15, -0.1) is 0 Å². The summed E-state index contributed by atoms with van der Waals surface area (Å²) in [7, 11) is 0. The van der Waals surface area contributed by atoms with Crippen molar-refractivity contribution in [3.8, 4) is 6.07 Å². The first-order valence-corrected chi connectivity index (χ1v) is 7.23. The van der Waals surface area contributed by atoms with Gasteiger partial charge in [-0.1, -0.05) is 12.1 Å². The lowest BCUT2D eigenvalue weighted by Crippen LogP contribution is -2.36. The molecule has 1 heterocycles. The summed E-state index contributed by atoms with van der Waals surface area (Å²) in [5.41, 5.74) is 2.52. The molecule has 1 aliphatic rings. The zero-order chi connectivity index (χ0) is 14.4. The quantitative estimate of drug-likeness (QED) is 0.916. The molecule has 0 bridgehead atoms. The Kier molecular flexibility index (Phi) is 5.00.